The Balaban J connectivity index is 1.94. The summed E-state index contributed by atoms with van der Waals surface area (Å²) in [6.07, 6.45) is 14.8. The van der Waals surface area contributed by atoms with Crippen LogP contribution >= 0.6 is 0 Å². The first-order valence-electron chi connectivity index (χ1n) is 7.67. The quantitative estimate of drug-likeness (QED) is 0.603. The van der Waals surface area contributed by atoms with Gasteiger partial charge in [-0.05, 0) is 43.5 Å². The van der Waals surface area contributed by atoms with E-state index in [4.69, 9.17) is 11.5 Å². The third kappa shape index (κ3) is 8.73. The summed E-state index contributed by atoms with van der Waals surface area (Å²) >= 11 is 0. The first-order chi connectivity index (χ1) is 9.33. The van der Waals surface area contributed by atoms with Gasteiger partial charge in [-0.1, -0.05) is 38.5 Å². The van der Waals surface area contributed by atoms with Crippen LogP contribution in [0.4, 0.5) is 0 Å². The number of hydrogen-bond acceptors (Lipinski definition) is 3. The van der Waals surface area contributed by atoms with Crippen molar-refractivity contribution in [1.29, 1.82) is 0 Å². The lowest BCUT2D eigenvalue weighted by molar-refractivity contribution is 0.526. The Hall–Kier alpha value is -0.930. The van der Waals surface area contributed by atoms with Crippen molar-refractivity contribution in [2.75, 3.05) is 6.54 Å². The number of pyridine rings is 1. The van der Waals surface area contributed by atoms with Crippen molar-refractivity contribution >= 4 is 0 Å². The van der Waals surface area contributed by atoms with Gasteiger partial charge in [0.1, 0.15) is 0 Å². The van der Waals surface area contributed by atoms with Gasteiger partial charge in [-0.3, -0.25) is 4.98 Å². The molecule has 1 aromatic rings. The molecule has 1 unspecified atom stereocenters. The van der Waals surface area contributed by atoms with E-state index in [0.29, 0.717) is 6.04 Å². The maximum absolute atomic E-state index is 6.15. The zero-order valence-electron chi connectivity index (χ0n) is 12.1. The van der Waals surface area contributed by atoms with E-state index in [1.54, 1.807) is 0 Å². The molecule has 0 fully saturated rings. The molecule has 0 saturated heterocycles. The number of nitrogens with zero attached hydrogens (tertiary/aromatic N) is 1. The molecule has 0 saturated carbocycles. The zero-order valence-corrected chi connectivity index (χ0v) is 12.1. The number of rotatable bonds is 11. The molecule has 0 bridgehead atoms. The molecule has 3 heteroatoms. The Labute approximate surface area is 117 Å². The Kier molecular flexibility index (Phi) is 9.29. The number of unbranched alkanes of at least 4 members (excludes halogenated alkanes) is 6. The van der Waals surface area contributed by atoms with Crippen molar-refractivity contribution < 1.29 is 0 Å². The summed E-state index contributed by atoms with van der Waals surface area (Å²) in [4.78, 5) is 4.02. The minimum Gasteiger partial charge on any atom is -0.330 e. The van der Waals surface area contributed by atoms with Crippen LogP contribution in [0.15, 0.2) is 24.5 Å². The minimum atomic E-state index is 0.291. The molecule has 19 heavy (non-hydrogen) atoms. The van der Waals surface area contributed by atoms with Crippen LogP contribution in [0.3, 0.4) is 0 Å². The highest BCUT2D eigenvalue weighted by Gasteiger charge is 2.03. The number of nitrogens with two attached hydrogens (primary N) is 2. The average molecular weight is 263 g/mol. The summed E-state index contributed by atoms with van der Waals surface area (Å²) in [6, 6.07) is 4.40. The van der Waals surface area contributed by atoms with Crippen LogP contribution < -0.4 is 11.5 Å². The lowest BCUT2D eigenvalue weighted by atomic mass is 10.0. The molecule has 3 nitrogen and oxygen atoms in total. The fraction of sp³-hybridized carbons (Fsp3) is 0.688. The molecule has 0 aliphatic rings. The van der Waals surface area contributed by atoms with E-state index in [2.05, 4.69) is 17.1 Å². The van der Waals surface area contributed by atoms with Gasteiger partial charge in [0.05, 0.1) is 0 Å². The van der Waals surface area contributed by atoms with Crippen LogP contribution in [-0.2, 0) is 6.42 Å². The third-order valence-corrected chi connectivity index (χ3v) is 3.53. The van der Waals surface area contributed by atoms with Crippen LogP contribution in [0.2, 0.25) is 0 Å². The normalized spacial score (nSPS) is 12.5. The standard InChI is InChI=1S/C16H29N3/c17-11-7-5-3-1-2-4-6-8-16(18)14-15-9-12-19-13-10-15/h9-10,12-13,16H,1-8,11,14,17-18H2. The van der Waals surface area contributed by atoms with E-state index in [9.17, 15) is 0 Å². The van der Waals surface area contributed by atoms with Gasteiger partial charge in [0.25, 0.3) is 0 Å². The number of hydrogen-bond donors (Lipinski definition) is 2. The fourth-order valence-corrected chi connectivity index (χ4v) is 2.36. The first-order valence-corrected chi connectivity index (χ1v) is 7.67. The van der Waals surface area contributed by atoms with Gasteiger partial charge in [-0.15, -0.1) is 0 Å². The number of aromatic nitrogens is 1. The van der Waals surface area contributed by atoms with Gasteiger partial charge in [0.15, 0.2) is 0 Å². The molecule has 1 atom stereocenters. The van der Waals surface area contributed by atoms with Crippen molar-refractivity contribution in [2.45, 2.75) is 63.8 Å². The van der Waals surface area contributed by atoms with Gasteiger partial charge in [0, 0.05) is 18.4 Å². The maximum Gasteiger partial charge on any atom is 0.0270 e. The second kappa shape index (κ2) is 10.9. The molecule has 0 amide bonds. The van der Waals surface area contributed by atoms with E-state index >= 15 is 0 Å². The Morgan fingerprint density at radius 2 is 1.47 bits per heavy atom. The van der Waals surface area contributed by atoms with Gasteiger partial charge in [-0.2, -0.15) is 0 Å². The smallest absolute Gasteiger partial charge is 0.0270 e. The van der Waals surface area contributed by atoms with Crippen LogP contribution in [0.25, 0.3) is 0 Å². The first kappa shape index (κ1) is 16.1. The Morgan fingerprint density at radius 3 is 2.11 bits per heavy atom. The second-order valence-electron chi connectivity index (χ2n) is 5.37. The maximum atomic E-state index is 6.15. The van der Waals surface area contributed by atoms with E-state index < -0.39 is 0 Å². The molecule has 0 aliphatic carbocycles. The minimum absolute atomic E-state index is 0.291. The summed E-state index contributed by atoms with van der Waals surface area (Å²) in [7, 11) is 0. The van der Waals surface area contributed by atoms with Crippen LogP contribution in [0.1, 0.15) is 56.9 Å². The van der Waals surface area contributed by atoms with E-state index in [1.807, 2.05) is 12.4 Å². The van der Waals surface area contributed by atoms with Crippen molar-refractivity contribution in [1.82, 2.24) is 4.98 Å². The Bertz CT molecular complexity index is 300. The average Bonchev–Trinajstić information content (AvgIpc) is 2.43. The third-order valence-electron chi connectivity index (χ3n) is 3.53. The van der Waals surface area contributed by atoms with Gasteiger partial charge in [0.2, 0.25) is 0 Å². The molecule has 0 aliphatic heterocycles. The predicted molar refractivity (Wildman–Crippen MR) is 81.9 cm³/mol. The molecule has 0 aromatic carbocycles. The van der Waals surface area contributed by atoms with Crippen LogP contribution in [-0.4, -0.2) is 17.6 Å². The molecule has 108 valence electrons. The molecule has 0 spiro atoms. The van der Waals surface area contributed by atoms with Crippen LogP contribution in [0, 0.1) is 0 Å². The van der Waals surface area contributed by atoms with Crippen molar-refractivity contribution in [3.8, 4) is 0 Å². The predicted octanol–water partition coefficient (Wildman–Crippen LogP) is 3.03. The summed E-state index contributed by atoms with van der Waals surface area (Å²) in [6.45, 7) is 0.837. The largest absolute Gasteiger partial charge is 0.330 e. The summed E-state index contributed by atoms with van der Waals surface area (Å²) in [5, 5.41) is 0. The van der Waals surface area contributed by atoms with Gasteiger partial charge < -0.3 is 11.5 Å². The van der Waals surface area contributed by atoms with Gasteiger partial charge >= 0.3 is 0 Å². The van der Waals surface area contributed by atoms with E-state index in [-0.39, 0.29) is 0 Å². The summed E-state index contributed by atoms with van der Waals surface area (Å²) in [5.74, 6) is 0. The SMILES string of the molecule is NCCCCCCCCCC(N)Cc1ccncc1. The van der Waals surface area contributed by atoms with E-state index in [0.717, 1.165) is 19.4 Å². The highest BCUT2D eigenvalue weighted by Crippen LogP contribution is 2.11. The molecule has 1 aromatic heterocycles. The fourth-order valence-electron chi connectivity index (χ4n) is 2.36. The van der Waals surface area contributed by atoms with Crippen molar-refractivity contribution in [3.63, 3.8) is 0 Å². The lowest BCUT2D eigenvalue weighted by Crippen LogP contribution is -2.22. The molecule has 1 heterocycles. The topological polar surface area (TPSA) is 64.9 Å². The Morgan fingerprint density at radius 1 is 0.895 bits per heavy atom. The molecule has 4 N–H and O–H groups in total. The van der Waals surface area contributed by atoms with E-state index in [1.165, 1.54) is 50.5 Å². The lowest BCUT2D eigenvalue weighted by Gasteiger charge is -2.11. The summed E-state index contributed by atoms with van der Waals surface area (Å²) in [5.41, 5.74) is 12.9. The summed E-state index contributed by atoms with van der Waals surface area (Å²) < 4.78 is 0. The highest BCUT2D eigenvalue weighted by atomic mass is 14.6. The monoisotopic (exact) mass is 263 g/mol. The van der Waals surface area contributed by atoms with Crippen molar-refractivity contribution in [3.05, 3.63) is 30.1 Å². The van der Waals surface area contributed by atoms with Gasteiger partial charge in [-0.25, -0.2) is 0 Å². The zero-order chi connectivity index (χ0) is 13.8. The van der Waals surface area contributed by atoms with Crippen LogP contribution in [0.5, 0.6) is 0 Å². The highest BCUT2D eigenvalue weighted by molar-refractivity contribution is 5.10. The second-order valence-corrected chi connectivity index (χ2v) is 5.37. The molecule has 1 rings (SSSR count). The molecular formula is C16H29N3. The van der Waals surface area contributed by atoms with Crippen molar-refractivity contribution in [2.24, 2.45) is 11.5 Å². The molecular weight excluding hydrogens is 234 g/mol. The molecule has 0 radical (unpaired) electrons.